The van der Waals surface area contributed by atoms with Crippen LogP contribution in [0.15, 0.2) is 21.3 Å². The molecule has 0 aliphatic carbocycles. The van der Waals surface area contributed by atoms with E-state index in [0.29, 0.717) is 37.8 Å². The van der Waals surface area contributed by atoms with E-state index in [0.717, 1.165) is 5.56 Å². The molecule has 0 radical (unpaired) electrons. The molecule has 0 atom stereocenters. The van der Waals surface area contributed by atoms with Crippen molar-refractivity contribution in [2.75, 3.05) is 26.3 Å². The van der Waals surface area contributed by atoms with Crippen LogP contribution >= 0.6 is 11.3 Å². The Bertz CT molecular complexity index is 472. The maximum Gasteiger partial charge on any atom is 0.241 e. The van der Waals surface area contributed by atoms with Crippen molar-refractivity contribution < 1.29 is 14.7 Å². The maximum absolute atomic E-state index is 9.00. The van der Waals surface area contributed by atoms with Crippen LogP contribution in [-0.4, -0.2) is 51.6 Å². The lowest BCUT2D eigenvalue weighted by Crippen LogP contribution is -2.28. The summed E-state index contributed by atoms with van der Waals surface area (Å²) >= 11 is 1.58. The van der Waals surface area contributed by atoms with Crippen molar-refractivity contribution >= 4 is 11.3 Å². The van der Waals surface area contributed by atoms with E-state index >= 15 is 0 Å². The largest absolute Gasteiger partial charge is 0.396 e. The molecule has 19 heavy (non-hydrogen) atoms. The predicted molar refractivity (Wildman–Crippen MR) is 71.7 cm³/mol. The molecule has 2 N–H and O–H groups in total. The molecule has 6 nitrogen and oxygen atoms in total. The molecule has 0 saturated carbocycles. The van der Waals surface area contributed by atoms with E-state index in [1.165, 1.54) is 0 Å². The highest BCUT2D eigenvalue weighted by molar-refractivity contribution is 7.08. The summed E-state index contributed by atoms with van der Waals surface area (Å²) in [5.41, 5.74) is 0.948. The van der Waals surface area contributed by atoms with Crippen molar-refractivity contribution in [1.82, 2.24) is 15.0 Å². The fourth-order valence-electron chi connectivity index (χ4n) is 1.72. The van der Waals surface area contributed by atoms with Crippen LogP contribution < -0.4 is 0 Å². The van der Waals surface area contributed by atoms with Gasteiger partial charge in [-0.05, 0) is 17.9 Å². The fraction of sp³-hybridized carbons (Fsp3) is 0.500. The minimum Gasteiger partial charge on any atom is -0.396 e. The summed E-state index contributed by atoms with van der Waals surface area (Å²) in [7, 11) is 0. The molecular formula is C12H17N3O3S. The van der Waals surface area contributed by atoms with Gasteiger partial charge in [0.2, 0.25) is 11.7 Å². The van der Waals surface area contributed by atoms with Gasteiger partial charge in [-0.1, -0.05) is 5.16 Å². The molecule has 0 amide bonds. The smallest absolute Gasteiger partial charge is 0.241 e. The van der Waals surface area contributed by atoms with Crippen LogP contribution in [-0.2, 0) is 6.54 Å². The Morgan fingerprint density at radius 1 is 1.26 bits per heavy atom. The van der Waals surface area contributed by atoms with Gasteiger partial charge in [0, 0.05) is 30.6 Å². The first-order valence-corrected chi connectivity index (χ1v) is 7.07. The number of aromatic nitrogens is 2. The highest BCUT2D eigenvalue weighted by atomic mass is 32.1. The Labute approximate surface area is 115 Å². The highest BCUT2D eigenvalue weighted by Gasteiger charge is 2.12. The van der Waals surface area contributed by atoms with Gasteiger partial charge in [0.25, 0.3) is 0 Å². The molecule has 0 aliphatic rings. The number of thiophene rings is 1. The van der Waals surface area contributed by atoms with E-state index in [1.807, 2.05) is 21.7 Å². The van der Waals surface area contributed by atoms with Gasteiger partial charge < -0.3 is 14.7 Å². The van der Waals surface area contributed by atoms with Gasteiger partial charge in [0.15, 0.2) is 0 Å². The highest BCUT2D eigenvalue weighted by Crippen LogP contribution is 2.19. The van der Waals surface area contributed by atoms with Crippen molar-refractivity contribution in [3.05, 3.63) is 22.7 Å². The lowest BCUT2D eigenvalue weighted by molar-refractivity contribution is 0.160. The van der Waals surface area contributed by atoms with Crippen molar-refractivity contribution in [3.8, 4) is 11.4 Å². The Morgan fingerprint density at radius 3 is 2.84 bits per heavy atom. The molecule has 0 saturated heterocycles. The Hall–Kier alpha value is -1.28. The molecule has 0 aliphatic heterocycles. The first kappa shape index (κ1) is 14.1. The van der Waals surface area contributed by atoms with E-state index in [1.54, 1.807) is 11.3 Å². The minimum atomic E-state index is 0.0664. The second-order valence-electron chi connectivity index (χ2n) is 4.10. The molecule has 2 aromatic rings. The van der Waals surface area contributed by atoms with E-state index in [2.05, 4.69) is 10.1 Å². The van der Waals surface area contributed by atoms with Crippen LogP contribution in [0.1, 0.15) is 12.3 Å². The van der Waals surface area contributed by atoms with Crippen molar-refractivity contribution in [1.29, 1.82) is 0 Å². The van der Waals surface area contributed by atoms with Gasteiger partial charge in [-0.25, -0.2) is 0 Å². The van der Waals surface area contributed by atoms with Crippen LogP contribution in [0.5, 0.6) is 0 Å². The molecular weight excluding hydrogens is 266 g/mol. The first-order chi connectivity index (χ1) is 9.33. The van der Waals surface area contributed by atoms with Crippen LogP contribution in [0.25, 0.3) is 11.4 Å². The van der Waals surface area contributed by atoms with E-state index in [4.69, 9.17) is 14.7 Å². The summed E-state index contributed by atoms with van der Waals surface area (Å²) in [5, 5.41) is 25.7. The summed E-state index contributed by atoms with van der Waals surface area (Å²) in [5.74, 6) is 1.11. The molecule has 0 fully saturated rings. The number of aliphatic hydroxyl groups is 2. The van der Waals surface area contributed by atoms with Crippen LogP contribution in [0.2, 0.25) is 0 Å². The van der Waals surface area contributed by atoms with Gasteiger partial charge in [0.05, 0.1) is 13.2 Å². The van der Waals surface area contributed by atoms with Gasteiger partial charge >= 0.3 is 0 Å². The number of aliphatic hydroxyl groups excluding tert-OH is 2. The Balaban J connectivity index is 1.97. The Kier molecular flexibility index (Phi) is 5.46. The SMILES string of the molecule is OCCCN(CCO)Cc1nc(-c2ccsc2)no1. The summed E-state index contributed by atoms with van der Waals surface area (Å²) in [4.78, 5) is 6.30. The lowest BCUT2D eigenvalue weighted by Gasteiger charge is -2.18. The third-order valence-electron chi connectivity index (χ3n) is 2.66. The monoisotopic (exact) mass is 283 g/mol. The first-order valence-electron chi connectivity index (χ1n) is 6.12. The van der Waals surface area contributed by atoms with E-state index < -0.39 is 0 Å². The summed E-state index contributed by atoms with van der Waals surface area (Å²) in [6.07, 6.45) is 0.658. The molecule has 2 aromatic heterocycles. The van der Waals surface area contributed by atoms with Crippen LogP contribution in [0.4, 0.5) is 0 Å². The third kappa shape index (κ3) is 4.10. The average molecular weight is 283 g/mol. The second-order valence-corrected chi connectivity index (χ2v) is 4.88. The van der Waals surface area contributed by atoms with Gasteiger partial charge in [0.1, 0.15) is 0 Å². The molecule has 2 heterocycles. The van der Waals surface area contributed by atoms with Crippen molar-refractivity contribution in [3.63, 3.8) is 0 Å². The number of hydrogen-bond donors (Lipinski definition) is 2. The number of hydrogen-bond acceptors (Lipinski definition) is 7. The number of rotatable bonds is 8. The van der Waals surface area contributed by atoms with Crippen LogP contribution in [0, 0.1) is 0 Å². The zero-order valence-electron chi connectivity index (χ0n) is 10.5. The lowest BCUT2D eigenvalue weighted by atomic mass is 10.3. The van der Waals surface area contributed by atoms with Gasteiger partial charge in [-0.3, -0.25) is 4.90 Å². The standard InChI is InChI=1S/C12H17N3O3S/c16-5-1-3-15(4-6-17)8-11-13-12(14-18-11)10-2-7-19-9-10/h2,7,9,16-17H,1,3-6,8H2. The summed E-state index contributed by atoms with van der Waals surface area (Å²) in [6.45, 7) is 1.89. The fourth-order valence-corrected chi connectivity index (χ4v) is 2.36. The van der Waals surface area contributed by atoms with Gasteiger partial charge in [-0.15, -0.1) is 0 Å². The number of nitrogens with zero attached hydrogens (tertiary/aromatic N) is 3. The molecule has 0 spiro atoms. The van der Waals surface area contributed by atoms with Crippen molar-refractivity contribution in [2.24, 2.45) is 0 Å². The zero-order chi connectivity index (χ0) is 13.5. The maximum atomic E-state index is 9.00. The molecule has 0 aromatic carbocycles. The second kappa shape index (κ2) is 7.34. The zero-order valence-corrected chi connectivity index (χ0v) is 11.3. The molecule has 0 unspecified atom stereocenters. The van der Waals surface area contributed by atoms with E-state index in [-0.39, 0.29) is 13.2 Å². The molecule has 104 valence electrons. The quantitative estimate of drug-likeness (QED) is 0.751. The summed E-state index contributed by atoms with van der Waals surface area (Å²) in [6, 6.07) is 1.94. The van der Waals surface area contributed by atoms with E-state index in [9.17, 15) is 0 Å². The molecule has 7 heteroatoms. The van der Waals surface area contributed by atoms with Crippen molar-refractivity contribution in [2.45, 2.75) is 13.0 Å². The average Bonchev–Trinajstić information content (AvgIpc) is 3.06. The van der Waals surface area contributed by atoms with Crippen LogP contribution in [0.3, 0.4) is 0 Å². The Morgan fingerprint density at radius 2 is 2.16 bits per heavy atom. The summed E-state index contributed by atoms with van der Waals surface area (Å²) < 4.78 is 5.20. The van der Waals surface area contributed by atoms with Gasteiger partial charge in [-0.2, -0.15) is 16.3 Å². The third-order valence-corrected chi connectivity index (χ3v) is 3.34. The minimum absolute atomic E-state index is 0.0664. The molecule has 0 bridgehead atoms. The molecule has 2 rings (SSSR count). The normalized spacial score (nSPS) is 11.3. The topological polar surface area (TPSA) is 82.6 Å². The predicted octanol–water partition coefficient (Wildman–Crippen LogP) is 0.975.